The molecule has 21 heavy (non-hydrogen) atoms. The van der Waals surface area contributed by atoms with Crippen LogP contribution in [0.25, 0.3) is 0 Å². The van der Waals surface area contributed by atoms with Gasteiger partial charge in [-0.2, -0.15) is 5.10 Å². The number of hydrogen-bond donors (Lipinski definition) is 1. The van der Waals surface area contributed by atoms with E-state index in [9.17, 15) is 9.59 Å². The summed E-state index contributed by atoms with van der Waals surface area (Å²) in [5.74, 6) is -0.303. The number of hydrogen-bond acceptors (Lipinski definition) is 3. The lowest BCUT2D eigenvalue weighted by Crippen LogP contribution is -2.34. The van der Waals surface area contributed by atoms with E-state index >= 15 is 0 Å². The summed E-state index contributed by atoms with van der Waals surface area (Å²) >= 11 is 0. The summed E-state index contributed by atoms with van der Waals surface area (Å²) < 4.78 is 0. The first-order chi connectivity index (χ1) is 10.1. The highest BCUT2D eigenvalue weighted by Crippen LogP contribution is 2.13. The third kappa shape index (κ3) is 4.15. The standard InChI is InChI=1S/C16H21N3O2/c1-3-4-5-12-6-8-13(9-7-12)17-16(21)14-10-11-15(20)19(2)18-14/h6-9H,3-5,10-11H2,1-2H3,(H,17,21). The van der Waals surface area contributed by atoms with Crippen LogP contribution in [0, 0.1) is 0 Å². The zero-order chi connectivity index (χ0) is 15.2. The van der Waals surface area contributed by atoms with Crippen molar-refractivity contribution in [2.75, 3.05) is 12.4 Å². The molecule has 5 nitrogen and oxygen atoms in total. The van der Waals surface area contributed by atoms with Crippen molar-refractivity contribution >= 4 is 23.2 Å². The molecule has 1 aliphatic rings. The van der Waals surface area contributed by atoms with Crippen LogP contribution in [0.15, 0.2) is 29.4 Å². The third-order valence-electron chi connectivity index (χ3n) is 3.50. The van der Waals surface area contributed by atoms with Gasteiger partial charge in [0, 0.05) is 25.6 Å². The van der Waals surface area contributed by atoms with E-state index in [1.54, 1.807) is 7.05 Å². The third-order valence-corrected chi connectivity index (χ3v) is 3.50. The molecule has 1 aromatic carbocycles. The maximum absolute atomic E-state index is 12.1. The van der Waals surface area contributed by atoms with Crippen LogP contribution in [-0.2, 0) is 16.0 Å². The summed E-state index contributed by atoms with van der Waals surface area (Å²) in [7, 11) is 1.57. The molecule has 0 aromatic heterocycles. The summed E-state index contributed by atoms with van der Waals surface area (Å²) in [6.07, 6.45) is 4.13. The molecule has 0 spiro atoms. The van der Waals surface area contributed by atoms with Gasteiger partial charge < -0.3 is 5.32 Å². The molecule has 0 saturated carbocycles. The Labute approximate surface area is 125 Å². The molecule has 1 aromatic rings. The van der Waals surface area contributed by atoms with Crippen molar-refractivity contribution in [1.29, 1.82) is 0 Å². The number of nitrogens with zero attached hydrogens (tertiary/aromatic N) is 2. The van der Waals surface area contributed by atoms with Gasteiger partial charge in [0.15, 0.2) is 0 Å². The predicted molar refractivity (Wildman–Crippen MR) is 83.1 cm³/mol. The SMILES string of the molecule is CCCCc1ccc(NC(=O)C2=NN(C)C(=O)CC2)cc1. The molecule has 0 radical (unpaired) electrons. The number of unbranched alkanes of at least 4 members (excludes halogenated alkanes) is 1. The van der Waals surface area contributed by atoms with E-state index in [-0.39, 0.29) is 11.8 Å². The molecule has 0 saturated heterocycles. The minimum absolute atomic E-state index is 0.0631. The van der Waals surface area contributed by atoms with Crippen LogP contribution >= 0.6 is 0 Å². The van der Waals surface area contributed by atoms with Crippen LogP contribution in [-0.4, -0.2) is 29.6 Å². The van der Waals surface area contributed by atoms with Crippen LogP contribution in [0.5, 0.6) is 0 Å². The molecule has 1 N–H and O–H groups in total. The van der Waals surface area contributed by atoms with Crippen molar-refractivity contribution in [2.24, 2.45) is 5.10 Å². The number of rotatable bonds is 5. The minimum Gasteiger partial charge on any atom is -0.321 e. The van der Waals surface area contributed by atoms with Gasteiger partial charge in [-0.05, 0) is 30.5 Å². The predicted octanol–water partition coefficient (Wildman–Crippen LogP) is 2.58. The molecular weight excluding hydrogens is 266 g/mol. The Morgan fingerprint density at radius 2 is 2.00 bits per heavy atom. The Morgan fingerprint density at radius 1 is 1.29 bits per heavy atom. The average molecular weight is 287 g/mol. The Morgan fingerprint density at radius 3 is 2.62 bits per heavy atom. The first-order valence-electron chi connectivity index (χ1n) is 7.34. The van der Waals surface area contributed by atoms with E-state index in [2.05, 4.69) is 17.3 Å². The number of benzene rings is 1. The Bertz CT molecular complexity index is 549. The molecular formula is C16H21N3O2. The summed E-state index contributed by atoms with van der Waals surface area (Å²) in [6.45, 7) is 2.17. The molecule has 5 heteroatoms. The largest absolute Gasteiger partial charge is 0.321 e. The van der Waals surface area contributed by atoms with Gasteiger partial charge in [0.1, 0.15) is 5.71 Å². The van der Waals surface area contributed by atoms with Gasteiger partial charge in [-0.25, -0.2) is 5.01 Å². The molecule has 0 bridgehead atoms. The van der Waals surface area contributed by atoms with E-state index in [1.165, 1.54) is 23.4 Å². The van der Waals surface area contributed by atoms with E-state index in [0.29, 0.717) is 18.6 Å². The van der Waals surface area contributed by atoms with Gasteiger partial charge >= 0.3 is 0 Å². The van der Waals surface area contributed by atoms with Crippen molar-refractivity contribution in [2.45, 2.75) is 39.0 Å². The maximum Gasteiger partial charge on any atom is 0.271 e. The maximum atomic E-state index is 12.1. The Kier molecular flexibility index (Phi) is 5.09. The minimum atomic E-state index is -0.240. The molecule has 1 aliphatic heterocycles. The lowest BCUT2D eigenvalue weighted by atomic mass is 10.1. The normalized spacial score (nSPS) is 14.9. The lowest BCUT2D eigenvalue weighted by molar-refractivity contribution is -0.130. The zero-order valence-electron chi connectivity index (χ0n) is 12.6. The van der Waals surface area contributed by atoms with Crippen molar-refractivity contribution in [3.05, 3.63) is 29.8 Å². The zero-order valence-corrected chi connectivity index (χ0v) is 12.6. The number of carbonyl (C=O) groups is 2. The lowest BCUT2D eigenvalue weighted by Gasteiger charge is -2.18. The number of nitrogens with one attached hydrogen (secondary N) is 1. The van der Waals surface area contributed by atoms with Crippen LogP contribution in [0.2, 0.25) is 0 Å². The highest BCUT2D eigenvalue weighted by Gasteiger charge is 2.21. The second-order valence-electron chi connectivity index (χ2n) is 5.22. The number of anilines is 1. The number of amides is 2. The van der Waals surface area contributed by atoms with E-state index in [1.807, 2.05) is 24.3 Å². The summed E-state index contributed by atoms with van der Waals surface area (Å²) in [5.41, 5.74) is 2.42. The van der Waals surface area contributed by atoms with Crippen molar-refractivity contribution < 1.29 is 9.59 Å². The second kappa shape index (κ2) is 7.02. The van der Waals surface area contributed by atoms with Crippen LogP contribution in [0.3, 0.4) is 0 Å². The quantitative estimate of drug-likeness (QED) is 0.904. The second-order valence-corrected chi connectivity index (χ2v) is 5.22. The summed E-state index contributed by atoms with van der Waals surface area (Å²) in [6, 6.07) is 7.87. The number of carbonyl (C=O) groups excluding carboxylic acids is 2. The van der Waals surface area contributed by atoms with Gasteiger partial charge in [-0.15, -0.1) is 0 Å². The highest BCUT2D eigenvalue weighted by molar-refractivity contribution is 6.43. The van der Waals surface area contributed by atoms with Gasteiger partial charge in [-0.3, -0.25) is 9.59 Å². The van der Waals surface area contributed by atoms with Crippen molar-refractivity contribution in [3.63, 3.8) is 0 Å². The van der Waals surface area contributed by atoms with E-state index in [4.69, 9.17) is 0 Å². The average Bonchev–Trinajstić information content (AvgIpc) is 2.49. The van der Waals surface area contributed by atoms with Crippen LogP contribution in [0.4, 0.5) is 5.69 Å². The molecule has 112 valence electrons. The molecule has 0 atom stereocenters. The molecule has 1 heterocycles. The van der Waals surface area contributed by atoms with Crippen molar-refractivity contribution in [3.8, 4) is 0 Å². The van der Waals surface area contributed by atoms with E-state index < -0.39 is 0 Å². The molecule has 0 fully saturated rings. The summed E-state index contributed by atoms with van der Waals surface area (Å²) in [5, 5.41) is 8.06. The first-order valence-corrected chi connectivity index (χ1v) is 7.34. The molecule has 2 amide bonds. The van der Waals surface area contributed by atoms with Crippen molar-refractivity contribution in [1.82, 2.24) is 5.01 Å². The van der Waals surface area contributed by atoms with Gasteiger partial charge in [-0.1, -0.05) is 25.5 Å². The van der Waals surface area contributed by atoms with Gasteiger partial charge in [0.25, 0.3) is 5.91 Å². The summed E-state index contributed by atoms with van der Waals surface area (Å²) in [4.78, 5) is 23.4. The molecule has 0 aliphatic carbocycles. The molecule has 0 unspecified atom stereocenters. The first kappa shape index (κ1) is 15.2. The topological polar surface area (TPSA) is 61.8 Å². The number of aryl methyl sites for hydroxylation is 1. The Hall–Kier alpha value is -2.17. The van der Waals surface area contributed by atoms with Crippen LogP contribution in [0.1, 0.15) is 38.2 Å². The smallest absolute Gasteiger partial charge is 0.271 e. The fourth-order valence-corrected chi connectivity index (χ4v) is 2.17. The van der Waals surface area contributed by atoms with Gasteiger partial charge in [0.05, 0.1) is 0 Å². The molecule has 2 rings (SSSR count). The van der Waals surface area contributed by atoms with E-state index in [0.717, 1.165) is 12.1 Å². The fourth-order valence-electron chi connectivity index (χ4n) is 2.17. The van der Waals surface area contributed by atoms with Crippen LogP contribution < -0.4 is 5.32 Å². The Balaban J connectivity index is 1.96. The van der Waals surface area contributed by atoms with Gasteiger partial charge in [0.2, 0.25) is 5.91 Å². The fraction of sp³-hybridized carbons (Fsp3) is 0.438. The monoisotopic (exact) mass is 287 g/mol. The number of hydrazone groups is 1. The highest BCUT2D eigenvalue weighted by atomic mass is 16.2.